The largest absolute Gasteiger partial charge is 0.314 e. The predicted molar refractivity (Wildman–Crippen MR) is 270 cm³/mol. The molecule has 11 aromatic carbocycles. The van der Waals surface area contributed by atoms with E-state index < -0.39 is 0 Å². The Hall–Kier alpha value is -8.00. The summed E-state index contributed by atoms with van der Waals surface area (Å²) in [5, 5.41) is 12.5. The molecule has 0 heterocycles. The summed E-state index contributed by atoms with van der Waals surface area (Å²) < 4.78 is 0. The molecule has 296 valence electrons. The van der Waals surface area contributed by atoms with Gasteiger partial charge in [-0.25, -0.2) is 0 Å². The Bertz CT molecular complexity index is 3480. The van der Waals surface area contributed by atoms with Gasteiger partial charge in [0, 0.05) is 22.3 Å². The highest BCUT2D eigenvalue weighted by molar-refractivity contribution is 6.08. The van der Waals surface area contributed by atoms with Gasteiger partial charge in [0.25, 0.3) is 0 Å². The molecule has 0 bridgehead atoms. The Morgan fingerprint density at radius 1 is 0.286 bits per heavy atom. The smallest absolute Gasteiger partial charge is 0.0465 e. The van der Waals surface area contributed by atoms with Gasteiger partial charge in [-0.3, -0.25) is 0 Å². The van der Waals surface area contributed by atoms with Crippen molar-refractivity contribution in [2.24, 2.45) is 0 Å². The van der Waals surface area contributed by atoms with Crippen LogP contribution >= 0.6 is 0 Å². The molecular weight excluding hydrogens is 759 g/mol. The van der Waals surface area contributed by atoms with Crippen LogP contribution in [0, 0.1) is 0 Å². The first-order valence-electron chi connectivity index (χ1n) is 22.1. The lowest BCUT2D eigenvalue weighted by molar-refractivity contribution is 1.03. The van der Waals surface area contributed by atoms with Gasteiger partial charge < -0.3 is 4.90 Å². The highest BCUT2D eigenvalue weighted by Gasteiger charge is 2.23. The van der Waals surface area contributed by atoms with Gasteiger partial charge in [0.05, 0.1) is 0 Å². The summed E-state index contributed by atoms with van der Waals surface area (Å²) in [6.07, 6.45) is 4.28. The quantitative estimate of drug-likeness (QED) is 0.155. The van der Waals surface area contributed by atoms with Crippen molar-refractivity contribution in [3.05, 3.63) is 241 Å². The standard InChI is InChI=1S/C62H43N/c1-6-26-49-42(16-1)21-11-31-54(49)58-38-36-47(40-60(58)56-33-13-23-44-18-3-8-28-51(44)56)63(62-35-15-25-46-20-5-10-30-53(46)62)48-37-39-59(55-32-12-22-43-17-2-7-27-50(43)55)61(41-48)57-34-14-24-45-19-4-9-29-52(45)57/h1-14,16-34,36-41H,15,35H2. The van der Waals surface area contributed by atoms with Gasteiger partial charge in [0.1, 0.15) is 0 Å². The molecule has 0 radical (unpaired) electrons. The van der Waals surface area contributed by atoms with Crippen LogP contribution in [0.1, 0.15) is 12.8 Å². The molecule has 0 spiro atoms. The van der Waals surface area contributed by atoms with Gasteiger partial charge in [0.15, 0.2) is 0 Å². The molecule has 0 amide bonds. The molecule has 0 saturated carbocycles. The number of nitrogens with zero attached hydrogens (tertiary/aromatic N) is 1. The monoisotopic (exact) mass is 801 g/mol. The fourth-order valence-electron chi connectivity index (χ4n) is 10.2. The molecule has 0 atom stereocenters. The van der Waals surface area contributed by atoms with Crippen molar-refractivity contribution < 1.29 is 0 Å². The maximum Gasteiger partial charge on any atom is 0.0465 e. The Balaban J connectivity index is 1.17. The first-order chi connectivity index (χ1) is 31.3. The number of hydrogen-bond acceptors (Lipinski definition) is 1. The van der Waals surface area contributed by atoms with Crippen LogP contribution in [-0.2, 0) is 0 Å². The minimum atomic E-state index is 0.917. The lowest BCUT2D eigenvalue weighted by atomic mass is 9.88. The highest BCUT2D eigenvalue weighted by Crippen LogP contribution is 2.46. The van der Waals surface area contributed by atoms with Gasteiger partial charge in [-0.15, -0.1) is 0 Å². The second-order valence-electron chi connectivity index (χ2n) is 16.7. The van der Waals surface area contributed by atoms with E-state index in [2.05, 4.69) is 241 Å². The van der Waals surface area contributed by atoms with E-state index in [0.717, 1.165) is 24.2 Å². The fraction of sp³-hybridized carbons (Fsp3) is 0.0323. The fourth-order valence-corrected chi connectivity index (χ4v) is 10.2. The van der Waals surface area contributed by atoms with Gasteiger partial charge in [-0.1, -0.05) is 212 Å². The third kappa shape index (κ3) is 6.40. The van der Waals surface area contributed by atoms with E-state index in [1.807, 2.05) is 0 Å². The summed E-state index contributed by atoms with van der Waals surface area (Å²) >= 11 is 0. The van der Waals surface area contributed by atoms with Crippen LogP contribution < -0.4 is 15.3 Å². The molecule has 0 saturated heterocycles. The summed E-state index contributed by atoms with van der Waals surface area (Å²) in [6.45, 7) is 0. The van der Waals surface area contributed by atoms with Crippen LogP contribution in [-0.4, -0.2) is 0 Å². The van der Waals surface area contributed by atoms with Gasteiger partial charge in [0.2, 0.25) is 0 Å². The van der Waals surface area contributed by atoms with Crippen molar-refractivity contribution in [1.29, 1.82) is 0 Å². The molecule has 0 unspecified atom stereocenters. The summed E-state index contributed by atoms with van der Waals surface area (Å²) in [5.74, 6) is 0. The van der Waals surface area contributed by atoms with Crippen LogP contribution in [0.4, 0.5) is 11.4 Å². The highest BCUT2D eigenvalue weighted by atomic mass is 15.1. The Labute approximate surface area is 367 Å². The summed E-state index contributed by atoms with van der Waals surface area (Å²) in [4.78, 5) is 2.56. The number of benzene rings is 11. The lowest BCUT2D eigenvalue weighted by Gasteiger charge is -2.31. The topological polar surface area (TPSA) is 3.24 Å². The minimum Gasteiger partial charge on any atom is -0.314 e. The molecule has 11 aromatic rings. The number of anilines is 2. The predicted octanol–water partition coefficient (Wildman–Crippen LogP) is 15.5. The lowest BCUT2D eigenvalue weighted by Crippen LogP contribution is -2.35. The van der Waals surface area contributed by atoms with Gasteiger partial charge >= 0.3 is 0 Å². The normalized spacial score (nSPS) is 12.4. The van der Waals surface area contributed by atoms with Gasteiger partial charge in [-0.2, -0.15) is 0 Å². The molecule has 63 heavy (non-hydrogen) atoms. The van der Waals surface area contributed by atoms with Crippen molar-refractivity contribution in [3.8, 4) is 44.5 Å². The summed E-state index contributed by atoms with van der Waals surface area (Å²) in [6, 6.07) is 85.3. The number of rotatable bonds is 7. The van der Waals surface area contributed by atoms with Crippen LogP contribution in [0.2, 0.25) is 0 Å². The molecular formula is C62H43N. The first-order valence-corrected chi connectivity index (χ1v) is 22.1. The van der Waals surface area contributed by atoms with Crippen LogP contribution in [0.3, 0.4) is 0 Å². The number of hydrogen-bond donors (Lipinski definition) is 0. The molecule has 0 aliphatic heterocycles. The van der Waals surface area contributed by atoms with E-state index in [4.69, 9.17) is 0 Å². The zero-order chi connectivity index (χ0) is 41.7. The van der Waals surface area contributed by atoms with Crippen molar-refractivity contribution in [2.75, 3.05) is 4.90 Å². The maximum absolute atomic E-state index is 2.56. The van der Waals surface area contributed by atoms with E-state index >= 15 is 0 Å². The van der Waals surface area contributed by atoms with Crippen LogP contribution in [0.15, 0.2) is 231 Å². The van der Waals surface area contributed by atoms with Crippen LogP contribution in [0.25, 0.3) is 99.4 Å². The summed E-state index contributed by atoms with van der Waals surface area (Å²) in [5.41, 5.74) is 13.4. The van der Waals surface area contributed by atoms with E-state index in [-0.39, 0.29) is 0 Å². The molecule has 12 rings (SSSR count). The molecule has 0 N–H and O–H groups in total. The average molecular weight is 802 g/mol. The van der Waals surface area contributed by atoms with Crippen molar-refractivity contribution in [2.45, 2.75) is 12.8 Å². The van der Waals surface area contributed by atoms with E-state index in [9.17, 15) is 0 Å². The Morgan fingerprint density at radius 3 is 1.10 bits per heavy atom. The molecule has 0 fully saturated rings. The van der Waals surface area contributed by atoms with E-state index in [1.54, 1.807) is 0 Å². The first kappa shape index (κ1) is 36.8. The minimum absolute atomic E-state index is 0.917. The van der Waals surface area contributed by atoms with Crippen molar-refractivity contribution in [1.82, 2.24) is 0 Å². The zero-order valence-corrected chi connectivity index (χ0v) is 34.9. The molecule has 1 nitrogen and oxygen atoms in total. The third-order valence-corrected chi connectivity index (χ3v) is 13.1. The molecule has 1 aliphatic carbocycles. The second kappa shape index (κ2) is 15.5. The van der Waals surface area contributed by atoms with Gasteiger partial charge in [-0.05, 0) is 130 Å². The zero-order valence-electron chi connectivity index (χ0n) is 34.9. The SMILES string of the molecule is C1=c2ccccc2=C(N(c2ccc(-c3cccc4ccccc34)c(-c3cccc4ccccc34)c2)c2ccc(-c3cccc4ccccc34)c(-c3cccc4ccccc34)c2)CC1. The van der Waals surface area contributed by atoms with Crippen molar-refractivity contribution in [3.63, 3.8) is 0 Å². The summed E-state index contributed by atoms with van der Waals surface area (Å²) in [7, 11) is 0. The van der Waals surface area contributed by atoms with Crippen LogP contribution in [0.5, 0.6) is 0 Å². The number of fused-ring (bicyclic) bond motifs is 5. The van der Waals surface area contributed by atoms with Crippen molar-refractivity contribution >= 4 is 66.2 Å². The Kier molecular flexibility index (Phi) is 9.04. The molecule has 1 aliphatic rings. The average Bonchev–Trinajstić information content (AvgIpc) is 3.36. The molecule has 0 aromatic heterocycles. The molecule has 1 heteroatoms. The van der Waals surface area contributed by atoms with E-state index in [0.29, 0.717) is 0 Å². The Morgan fingerprint density at radius 2 is 0.651 bits per heavy atom. The maximum atomic E-state index is 2.56. The second-order valence-corrected chi connectivity index (χ2v) is 16.7. The third-order valence-electron chi connectivity index (χ3n) is 13.1. The van der Waals surface area contributed by atoms with E-state index in [1.165, 1.54) is 104 Å².